The van der Waals surface area contributed by atoms with Crippen LogP contribution in [-0.4, -0.2) is 48.8 Å². The molecule has 0 bridgehead atoms. The van der Waals surface area contributed by atoms with Crippen molar-refractivity contribution in [1.29, 1.82) is 0 Å². The van der Waals surface area contributed by atoms with E-state index in [1.807, 2.05) is 67.6 Å². The van der Waals surface area contributed by atoms with Crippen LogP contribution in [0.3, 0.4) is 0 Å². The summed E-state index contributed by atoms with van der Waals surface area (Å²) in [5.41, 5.74) is 2.62. The van der Waals surface area contributed by atoms with Gasteiger partial charge in [-0.1, -0.05) is 104 Å². The van der Waals surface area contributed by atoms with E-state index in [1.54, 1.807) is 0 Å². The first-order chi connectivity index (χ1) is 20.9. The van der Waals surface area contributed by atoms with Gasteiger partial charge in [-0.15, -0.1) is 6.58 Å². The molecule has 0 amide bonds. The molecule has 3 aromatic rings. The van der Waals surface area contributed by atoms with Gasteiger partial charge in [-0.2, -0.15) is 0 Å². The van der Waals surface area contributed by atoms with Crippen LogP contribution in [0.5, 0.6) is 0 Å². The van der Waals surface area contributed by atoms with Crippen molar-refractivity contribution in [3.8, 4) is 0 Å². The molecule has 5 rings (SSSR count). The highest BCUT2D eigenvalue weighted by molar-refractivity contribution is 5.16. The van der Waals surface area contributed by atoms with Crippen LogP contribution >= 0.6 is 0 Å². The highest BCUT2D eigenvalue weighted by atomic mass is 16.6. The Morgan fingerprint density at radius 3 is 1.91 bits per heavy atom. The Balaban J connectivity index is 1.43. The minimum atomic E-state index is -0.639. The van der Waals surface area contributed by atoms with Crippen molar-refractivity contribution in [2.75, 3.05) is 6.61 Å². The van der Waals surface area contributed by atoms with Crippen molar-refractivity contribution >= 4 is 0 Å². The van der Waals surface area contributed by atoms with Crippen molar-refractivity contribution < 1.29 is 28.4 Å². The standard InChI is InChI=1S/C37H44O6/c1-5-21-37(4)33(41-27(2)3)22-31-35(43-37)36(40-25-30-19-13-8-14-20-30)34(39-24-29-17-11-7-12-18-29)32(42-31)26-38-23-28-15-9-6-10-16-28/h5-20,31-36H,1-2,21-26H2,3-4H3/t31-,32+,33+,34+,35-,36-,37-/m0/s1. The summed E-state index contributed by atoms with van der Waals surface area (Å²) in [6.07, 6.45) is 0.943. The molecule has 2 heterocycles. The number of allylic oxidation sites excluding steroid dienone is 1. The molecule has 2 aliphatic rings. The average Bonchev–Trinajstić information content (AvgIpc) is 3.01. The Labute approximate surface area is 256 Å². The fraction of sp³-hybridized carbons (Fsp3) is 0.405. The van der Waals surface area contributed by atoms with Crippen LogP contribution in [0.4, 0.5) is 0 Å². The van der Waals surface area contributed by atoms with Gasteiger partial charge in [-0.25, -0.2) is 0 Å². The van der Waals surface area contributed by atoms with Gasteiger partial charge in [0, 0.05) is 6.42 Å². The van der Waals surface area contributed by atoms with Gasteiger partial charge >= 0.3 is 0 Å². The number of hydrogen-bond donors (Lipinski definition) is 0. The topological polar surface area (TPSA) is 55.4 Å². The third-order valence-corrected chi connectivity index (χ3v) is 8.12. The lowest BCUT2D eigenvalue weighted by Crippen LogP contribution is -2.67. The summed E-state index contributed by atoms with van der Waals surface area (Å²) in [5, 5.41) is 0. The Hall–Kier alpha value is -3.26. The first-order valence-corrected chi connectivity index (χ1v) is 15.1. The van der Waals surface area contributed by atoms with E-state index in [2.05, 4.69) is 56.5 Å². The highest BCUT2D eigenvalue weighted by Crippen LogP contribution is 2.42. The van der Waals surface area contributed by atoms with Crippen molar-refractivity contribution in [3.05, 3.63) is 133 Å². The molecule has 2 saturated heterocycles. The second-order valence-electron chi connectivity index (χ2n) is 11.7. The molecule has 0 N–H and O–H groups in total. The fourth-order valence-electron chi connectivity index (χ4n) is 5.98. The van der Waals surface area contributed by atoms with Gasteiger partial charge in [0.25, 0.3) is 0 Å². The van der Waals surface area contributed by atoms with E-state index in [-0.39, 0.29) is 24.4 Å². The Morgan fingerprint density at radius 1 is 0.837 bits per heavy atom. The predicted octanol–water partition coefficient (Wildman–Crippen LogP) is 7.18. The van der Waals surface area contributed by atoms with Gasteiger partial charge in [0.15, 0.2) is 0 Å². The number of hydrogen-bond acceptors (Lipinski definition) is 6. The van der Waals surface area contributed by atoms with Crippen LogP contribution in [0.15, 0.2) is 116 Å². The predicted molar refractivity (Wildman–Crippen MR) is 167 cm³/mol. The van der Waals surface area contributed by atoms with Gasteiger partial charge in [-0.05, 0) is 37.0 Å². The second kappa shape index (κ2) is 15.0. The van der Waals surface area contributed by atoms with Crippen LogP contribution < -0.4 is 0 Å². The zero-order valence-corrected chi connectivity index (χ0v) is 25.3. The minimum absolute atomic E-state index is 0.258. The SMILES string of the molecule is C=CC[C@]1(C)O[C@@H]2[C@@H](OCc3ccccc3)[C@H](OCc3ccccc3)[C@@H](COCc3ccccc3)O[C@H]2C[C@H]1OC(=C)C. The largest absolute Gasteiger partial charge is 0.493 e. The van der Waals surface area contributed by atoms with E-state index in [1.165, 1.54) is 0 Å². The summed E-state index contributed by atoms with van der Waals surface area (Å²) < 4.78 is 39.6. The van der Waals surface area contributed by atoms with Crippen LogP contribution in [0.25, 0.3) is 0 Å². The lowest BCUT2D eigenvalue weighted by Gasteiger charge is -2.54. The van der Waals surface area contributed by atoms with E-state index in [0.717, 1.165) is 16.7 Å². The molecule has 2 aliphatic heterocycles. The fourth-order valence-corrected chi connectivity index (χ4v) is 5.98. The van der Waals surface area contributed by atoms with E-state index >= 15 is 0 Å². The van der Waals surface area contributed by atoms with Gasteiger partial charge in [0.1, 0.15) is 36.1 Å². The molecule has 228 valence electrons. The molecule has 2 fully saturated rings. The van der Waals surface area contributed by atoms with Crippen LogP contribution in [0.1, 0.15) is 43.4 Å². The van der Waals surface area contributed by atoms with Gasteiger partial charge in [-0.3, -0.25) is 0 Å². The molecule has 7 atom stereocenters. The first kappa shape index (κ1) is 31.2. The minimum Gasteiger partial charge on any atom is -0.493 e. The molecule has 3 aromatic carbocycles. The van der Waals surface area contributed by atoms with E-state index in [9.17, 15) is 0 Å². The Bertz CT molecular complexity index is 1280. The van der Waals surface area contributed by atoms with Gasteiger partial charge < -0.3 is 28.4 Å². The monoisotopic (exact) mass is 584 g/mol. The van der Waals surface area contributed by atoms with Crippen molar-refractivity contribution in [2.24, 2.45) is 0 Å². The summed E-state index contributed by atoms with van der Waals surface area (Å²) >= 11 is 0. The quantitative estimate of drug-likeness (QED) is 0.148. The number of rotatable bonds is 14. The molecule has 0 radical (unpaired) electrons. The van der Waals surface area contributed by atoms with Crippen molar-refractivity contribution in [3.63, 3.8) is 0 Å². The molecule has 0 spiro atoms. The van der Waals surface area contributed by atoms with E-state index in [4.69, 9.17) is 28.4 Å². The Morgan fingerprint density at radius 2 is 1.37 bits per heavy atom. The maximum Gasteiger partial charge on any atom is 0.130 e. The second-order valence-corrected chi connectivity index (χ2v) is 11.7. The summed E-state index contributed by atoms with van der Waals surface area (Å²) in [6.45, 7) is 13.6. The third kappa shape index (κ3) is 8.22. The maximum absolute atomic E-state index is 6.93. The van der Waals surface area contributed by atoms with Crippen molar-refractivity contribution in [1.82, 2.24) is 0 Å². The third-order valence-electron chi connectivity index (χ3n) is 8.12. The summed E-state index contributed by atoms with van der Waals surface area (Å²) in [5.74, 6) is 0.641. The molecule has 43 heavy (non-hydrogen) atoms. The molecule has 0 aliphatic carbocycles. The molecule has 0 aromatic heterocycles. The zero-order valence-electron chi connectivity index (χ0n) is 25.3. The molecule has 0 saturated carbocycles. The number of fused-ring (bicyclic) bond motifs is 1. The Kier molecular flexibility index (Phi) is 10.8. The molecule has 0 unspecified atom stereocenters. The average molecular weight is 585 g/mol. The highest BCUT2D eigenvalue weighted by Gasteiger charge is 2.56. The summed E-state index contributed by atoms with van der Waals surface area (Å²) in [6, 6.07) is 30.5. The van der Waals surface area contributed by atoms with E-state index < -0.39 is 17.8 Å². The number of benzene rings is 3. The lowest BCUT2D eigenvalue weighted by atomic mass is 9.81. The van der Waals surface area contributed by atoms with Crippen LogP contribution in [-0.2, 0) is 48.2 Å². The maximum atomic E-state index is 6.93. The van der Waals surface area contributed by atoms with Crippen molar-refractivity contribution in [2.45, 2.75) is 88.7 Å². The zero-order chi connectivity index (χ0) is 30.1. The molecular weight excluding hydrogens is 540 g/mol. The molecule has 6 nitrogen and oxygen atoms in total. The van der Waals surface area contributed by atoms with Crippen LogP contribution in [0.2, 0.25) is 0 Å². The van der Waals surface area contributed by atoms with Crippen LogP contribution in [0, 0.1) is 0 Å². The first-order valence-electron chi connectivity index (χ1n) is 15.1. The number of ether oxygens (including phenoxy) is 6. The van der Waals surface area contributed by atoms with Gasteiger partial charge in [0.2, 0.25) is 0 Å². The summed E-state index contributed by atoms with van der Waals surface area (Å²) in [7, 11) is 0. The van der Waals surface area contributed by atoms with E-state index in [0.29, 0.717) is 45.0 Å². The smallest absolute Gasteiger partial charge is 0.130 e. The summed E-state index contributed by atoms with van der Waals surface area (Å²) in [4.78, 5) is 0. The lowest BCUT2D eigenvalue weighted by molar-refractivity contribution is -0.323. The van der Waals surface area contributed by atoms with Gasteiger partial charge in [0.05, 0.1) is 38.3 Å². The molecule has 6 heteroatoms. The normalized spacial score (nSPS) is 28.5. The molecular formula is C37H44O6.